The zero-order valence-electron chi connectivity index (χ0n) is 8.98. The fraction of sp³-hybridized carbons (Fsp3) is 0.444. The molecule has 0 aliphatic heterocycles. The van der Waals surface area contributed by atoms with E-state index in [9.17, 15) is 20.3 Å². The third kappa shape index (κ3) is 2.87. The van der Waals surface area contributed by atoms with Crippen LogP contribution < -0.4 is 4.74 Å². The highest BCUT2D eigenvalue weighted by Gasteiger charge is 2.28. The molecule has 0 saturated heterocycles. The summed E-state index contributed by atoms with van der Waals surface area (Å²) in [7, 11) is 1.31. The molecule has 3 N–H and O–H groups in total. The third-order valence-corrected chi connectivity index (χ3v) is 2.11. The zero-order valence-corrected chi connectivity index (χ0v) is 8.98. The summed E-state index contributed by atoms with van der Waals surface area (Å²) >= 11 is 0. The van der Waals surface area contributed by atoms with Gasteiger partial charge in [-0.15, -0.1) is 0 Å². The molecule has 0 saturated carbocycles. The molecule has 0 radical (unpaired) electrons. The molecule has 2 atom stereocenters. The molecule has 0 amide bonds. The highest BCUT2D eigenvalue weighted by molar-refractivity contribution is 5.39. The Bertz CT molecular complexity index is 410. The summed E-state index contributed by atoms with van der Waals surface area (Å²) in [5, 5.41) is 38.2. The molecule has 17 heavy (non-hydrogen) atoms. The number of pyridine rings is 1. The average Bonchev–Trinajstić information content (AvgIpc) is 2.35. The Labute approximate surface area is 96.3 Å². The maximum atomic E-state index is 10.7. The van der Waals surface area contributed by atoms with Crippen LogP contribution in [0.25, 0.3) is 0 Å². The largest absolute Gasteiger partial charge is 0.481 e. The van der Waals surface area contributed by atoms with E-state index < -0.39 is 29.4 Å². The Hall–Kier alpha value is -1.77. The first kappa shape index (κ1) is 13.3. The monoisotopic (exact) mass is 244 g/mol. The molecule has 94 valence electrons. The van der Waals surface area contributed by atoms with Crippen molar-refractivity contribution < 1.29 is 25.0 Å². The molecule has 2 unspecified atom stereocenters. The van der Waals surface area contributed by atoms with Gasteiger partial charge in [-0.25, -0.2) is 4.98 Å². The van der Waals surface area contributed by atoms with Crippen LogP contribution in [0.3, 0.4) is 0 Å². The van der Waals surface area contributed by atoms with Gasteiger partial charge in [0.2, 0.25) is 5.88 Å². The second kappa shape index (κ2) is 5.53. The Balaban J connectivity index is 3.21. The lowest BCUT2D eigenvalue weighted by Gasteiger charge is -2.15. The van der Waals surface area contributed by atoms with Gasteiger partial charge < -0.3 is 20.1 Å². The van der Waals surface area contributed by atoms with E-state index in [-0.39, 0.29) is 11.6 Å². The van der Waals surface area contributed by atoms with E-state index in [1.165, 1.54) is 13.2 Å². The Morgan fingerprint density at radius 1 is 1.53 bits per heavy atom. The SMILES string of the molecule is COc1ccc([N+](=O)[O-])c(C(O)C(O)CO)n1. The van der Waals surface area contributed by atoms with E-state index in [0.29, 0.717) is 0 Å². The molecule has 0 spiro atoms. The minimum atomic E-state index is -1.66. The van der Waals surface area contributed by atoms with Crippen molar-refractivity contribution in [2.75, 3.05) is 13.7 Å². The summed E-state index contributed by atoms with van der Waals surface area (Å²) in [4.78, 5) is 13.7. The van der Waals surface area contributed by atoms with Crippen LogP contribution in [0.5, 0.6) is 5.88 Å². The van der Waals surface area contributed by atoms with E-state index in [1.807, 2.05) is 0 Å². The lowest BCUT2D eigenvalue weighted by molar-refractivity contribution is -0.386. The number of hydrogen-bond donors (Lipinski definition) is 3. The molecule has 0 aliphatic rings. The fourth-order valence-corrected chi connectivity index (χ4v) is 1.22. The normalized spacial score (nSPS) is 14.1. The van der Waals surface area contributed by atoms with E-state index in [1.54, 1.807) is 0 Å². The van der Waals surface area contributed by atoms with Gasteiger partial charge in [-0.05, 0) is 0 Å². The number of aromatic nitrogens is 1. The first-order valence-corrected chi connectivity index (χ1v) is 4.67. The van der Waals surface area contributed by atoms with Crippen molar-refractivity contribution in [3.63, 3.8) is 0 Å². The number of aliphatic hydroxyl groups is 3. The molecule has 8 heteroatoms. The van der Waals surface area contributed by atoms with Gasteiger partial charge in [0, 0.05) is 12.1 Å². The summed E-state index contributed by atoms with van der Waals surface area (Å²) in [5.74, 6) is 0.0646. The fourth-order valence-electron chi connectivity index (χ4n) is 1.22. The van der Waals surface area contributed by atoms with Gasteiger partial charge in [-0.1, -0.05) is 0 Å². The number of hydrogen-bond acceptors (Lipinski definition) is 7. The highest BCUT2D eigenvalue weighted by Crippen LogP contribution is 2.27. The standard InChI is InChI=1S/C9H12N2O6/c1-17-7-3-2-5(11(15)16)8(10-7)9(14)6(13)4-12/h2-3,6,9,12-14H,4H2,1H3. The van der Waals surface area contributed by atoms with Crippen molar-refractivity contribution in [1.82, 2.24) is 4.98 Å². The lowest BCUT2D eigenvalue weighted by atomic mass is 10.1. The first-order valence-electron chi connectivity index (χ1n) is 4.67. The van der Waals surface area contributed by atoms with Gasteiger partial charge in [0.05, 0.1) is 18.6 Å². The molecule has 8 nitrogen and oxygen atoms in total. The summed E-state index contributed by atoms with van der Waals surface area (Å²) in [6.45, 7) is -0.739. The molecule has 1 aromatic rings. The van der Waals surface area contributed by atoms with Crippen LogP contribution in [0, 0.1) is 10.1 Å². The number of nitrogens with zero attached hydrogens (tertiary/aromatic N) is 2. The van der Waals surface area contributed by atoms with Gasteiger partial charge in [-0.3, -0.25) is 10.1 Å². The van der Waals surface area contributed by atoms with Gasteiger partial charge in [0.1, 0.15) is 12.2 Å². The van der Waals surface area contributed by atoms with Crippen LogP contribution in [0.4, 0.5) is 5.69 Å². The molecule has 0 aliphatic carbocycles. The van der Waals surface area contributed by atoms with E-state index in [4.69, 9.17) is 9.84 Å². The van der Waals surface area contributed by atoms with Crippen LogP contribution in [-0.2, 0) is 0 Å². The van der Waals surface area contributed by atoms with Crippen molar-refractivity contribution in [3.05, 3.63) is 27.9 Å². The van der Waals surface area contributed by atoms with E-state index in [2.05, 4.69) is 4.98 Å². The van der Waals surface area contributed by atoms with Crippen LogP contribution in [-0.4, -0.2) is 45.0 Å². The van der Waals surface area contributed by atoms with Gasteiger partial charge in [-0.2, -0.15) is 0 Å². The number of rotatable bonds is 5. The molecule has 1 heterocycles. The maximum absolute atomic E-state index is 10.7. The molecule has 1 rings (SSSR count). The number of nitro groups is 1. The summed E-state index contributed by atoms with van der Waals surface area (Å²) in [6, 6.07) is 2.37. The predicted octanol–water partition coefficient (Wildman–Crippen LogP) is -0.615. The van der Waals surface area contributed by atoms with Crippen LogP contribution >= 0.6 is 0 Å². The van der Waals surface area contributed by atoms with Crippen molar-refractivity contribution in [1.29, 1.82) is 0 Å². The molecule has 0 fully saturated rings. The van der Waals surface area contributed by atoms with Crippen LogP contribution in [0.15, 0.2) is 12.1 Å². The molecule has 0 bridgehead atoms. The van der Waals surface area contributed by atoms with Crippen molar-refractivity contribution in [2.45, 2.75) is 12.2 Å². The molecule has 1 aromatic heterocycles. The van der Waals surface area contributed by atoms with Crippen molar-refractivity contribution >= 4 is 5.69 Å². The number of ether oxygens (including phenoxy) is 1. The Morgan fingerprint density at radius 2 is 2.18 bits per heavy atom. The van der Waals surface area contributed by atoms with Crippen molar-refractivity contribution in [3.8, 4) is 5.88 Å². The minimum absolute atomic E-state index is 0.0646. The zero-order chi connectivity index (χ0) is 13.0. The minimum Gasteiger partial charge on any atom is -0.481 e. The smallest absolute Gasteiger partial charge is 0.293 e. The molecular weight excluding hydrogens is 232 g/mol. The van der Waals surface area contributed by atoms with Crippen LogP contribution in [0.1, 0.15) is 11.8 Å². The highest BCUT2D eigenvalue weighted by atomic mass is 16.6. The van der Waals surface area contributed by atoms with E-state index >= 15 is 0 Å². The van der Waals surface area contributed by atoms with Gasteiger partial charge >= 0.3 is 0 Å². The second-order valence-electron chi connectivity index (χ2n) is 3.21. The number of aliphatic hydroxyl groups excluding tert-OH is 3. The average molecular weight is 244 g/mol. The summed E-state index contributed by atoms with van der Waals surface area (Å²) in [5.41, 5.74) is -0.804. The second-order valence-corrected chi connectivity index (χ2v) is 3.21. The number of methoxy groups -OCH3 is 1. The summed E-state index contributed by atoms with van der Waals surface area (Å²) < 4.78 is 4.76. The lowest BCUT2D eigenvalue weighted by Crippen LogP contribution is -2.23. The van der Waals surface area contributed by atoms with Crippen LogP contribution in [0.2, 0.25) is 0 Å². The Morgan fingerprint density at radius 3 is 2.65 bits per heavy atom. The molecule has 0 aromatic carbocycles. The van der Waals surface area contributed by atoms with Crippen molar-refractivity contribution in [2.24, 2.45) is 0 Å². The molecular formula is C9H12N2O6. The van der Waals surface area contributed by atoms with E-state index in [0.717, 1.165) is 6.07 Å². The summed E-state index contributed by atoms with van der Waals surface area (Å²) in [6.07, 6.45) is -3.20. The van der Waals surface area contributed by atoms with Gasteiger partial charge in [0.15, 0.2) is 5.69 Å². The predicted molar refractivity (Wildman–Crippen MR) is 55.5 cm³/mol. The first-order chi connectivity index (χ1) is 8.01. The maximum Gasteiger partial charge on any atom is 0.293 e. The third-order valence-electron chi connectivity index (χ3n) is 2.11. The quantitative estimate of drug-likeness (QED) is 0.465. The van der Waals surface area contributed by atoms with Gasteiger partial charge in [0.25, 0.3) is 5.69 Å². The topological polar surface area (TPSA) is 126 Å². The Kier molecular flexibility index (Phi) is 4.32.